The van der Waals surface area contributed by atoms with Crippen molar-refractivity contribution in [3.8, 4) is 0 Å². The van der Waals surface area contributed by atoms with Crippen molar-refractivity contribution in [2.45, 2.75) is 32.2 Å². The number of hydrogen-bond donors (Lipinski definition) is 0. The first kappa shape index (κ1) is 13.3. The summed E-state index contributed by atoms with van der Waals surface area (Å²) in [5.74, 6) is -0.0680. The molecule has 0 spiro atoms. The maximum atomic E-state index is 11.8. The minimum Gasteiger partial charge on any atom is -0.305 e. The highest BCUT2D eigenvalue weighted by atomic mass is 16.2. The van der Waals surface area contributed by atoms with E-state index < -0.39 is 0 Å². The maximum absolute atomic E-state index is 11.8. The van der Waals surface area contributed by atoms with Crippen molar-refractivity contribution in [1.29, 1.82) is 0 Å². The van der Waals surface area contributed by atoms with Gasteiger partial charge in [-0.2, -0.15) is 0 Å². The van der Waals surface area contributed by atoms with E-state index in [1.807, 2.05) is 18.2 Å². The number of hydrogen-bond acceptors (Lipinski definition) is 3. The van der Waals surface area contributed by atoms with E-state index in [-0.39, 0.29) is 24.7 Å². The third-order valence-electron chi connectivity index (χ3n) is 4.06. The Morgan fingerprint density at radius 3 is 2.55 bits per heavy atom. The second kappa shape index (κ2) is 5.75. The van der Waals surface area contributed by atoms with Gasteiger partial charge in [0.05, 0.1) is 13.0 Å². The van der Waals surface area contributed by atoms with Gasteiger partial charge in [-0.1, -0.05) is 18.6 Å². The van der Waals surface area contributed by atoms with Gasteiger partial charge in [0, 0.05) is 12.2 Å². The lowest BCUT2D eigenvalue weighted by Crippen LogP contribution is -2.29. The molecule has 4 heteroatoms. The minimum atomic E-state index is -0.0786. The molecule has 0 saturated carbocycles. The Bertz CT molecular complexity index is 521. The molecule has 0 aliphatic carbocycles. The normalized spacial score (nSPS) is 20.7. The zero-order chi connectivity index (χ0) is 13.9. The van der Waals surface area contributed by atoms with Crippen molar-refractivity contribution in [2.24, 2.45) is 0 Å². The molecule has 0 N–H and O–H groups in total. The van der Waals surface area contributed by atoms with Crippen molar-refractivity contribution < 1.29 is 9.59 Å². The Kier molecular flexibility index (Phi) is 3.83. The third kappa shape index (κ3) is 2.90. The van der Waals surface area contributed by atoms with E-state index >= 15 is 0 Å². The molecule has 0 atom stereocenters. The Morgan fingerprint density at radius 2 is 1.85 bits per heavy atom. The lowest BCUT2D eigenvalue weighted by molar-refractivity contribution is -0.121. The molecule has 106 valence electrons. The molecule has 2 aliphatic heterocycles. The van der Waals surface area contributed by atoms with Crippen LogP contribution in [0.15, 0.2) is 24.3 Å². The van der Waals surface area contributed by atoms with E-state index in [0.29, 0.717) is 0 Å². The third-order valence-corrected chi connectivity index (χ3v) is 4.06. The smallest absolute Gasteiger partial charge is 0.234 e. The van der Waals surface area contributed by atoms with Gasteiger partial charge in [-0.05, 0) is 43.6 Å². The van der Waals surface area contributed by atoms with Crippen LogP contribution in [0.3, 0.4) is 0 Å². The predicted octanol–water partition coefficient (Wildman–Crippen LogP) is 1.98. The molecule has 2 heterocycles. The van der Waals surface area contributed by atoms with Crippen LogP contribution in [-0.4, -0.2) is 36.2 Å². The Morgan fingerprint density at radius 1 is 1.05 bits per heavy atom. The molecule has 20 heavy (non-hydrogen) atoms. The van der Waals surface area contributed by atoms with Gasteiger partial charge in [0.2, 0.25) is 5.91 Å². The summed E-state index contributed by atoms with van der Waals surface area (Å²) in [4.78, 5) is 27.2. The minimum absolute atomic E-state index is 0.0106. The molecule has 1 aromatic rings. The predicted molar refractivity (Wildman–Crippen MR) is 77.5 cm³/mol. The fraction of sp³-hybridized carbons (Fsp3) is 0.500. The van der Waals surface area contributed by atoms with E-state index in [1.54, 1.807) is 4.90 Å². The Labute approximate surface area is 119 Å². The second-order valence-corrected chi connectivity index (χ2v) is 5.70. The van der Waals surface area contributed by atoms with Gasteiger partial charge in [0.15, 0.2) is 5.78 Å². The highest BCUT2D eigenvalue weighted by molar-refractivity contribution is 6.15. The van der Waals surface area contributed by atoms with E-state index in [4.69, 9.17) is 0 Å². The van der Waals surface area contributed by atoms with Gasteiger partial charge in [-0.3, -0.25) is 14.5 Å². The number of Topliss-reactive ketones (excluding diaryl/α,β-unsaturated/α-hetero) is 1. The summed E-state index contributed by atoms with van der Waals surface area (Å²) in [5.41, 5.74) is 2.08. The molecule has 2 saturated heterocycles. The summed E-state index contributed by atoms with van der Waals surface area (Å²) in [6.07, 6.45) is 3.94. The number of anilines is 1. The lowest BCUT2D eigenvalue weighted by atomic mass is 10.1. The number of piperidine rings is 1. The van der Waals surface area contributed by atoms with Gasteiger partial charge >= 0.3 is 0 Å². The molecule has 0 bridgehead atoms. The molecule has 2 aliphatic rings. The number of amides is 1. The average molecular weight is 272 g/mol. The average Bonchev–Trinajstić information content (AvgIpc) is 2.79. The molecule has 1 aromatic carbocycles. The van der Waals surface area contributed by atoms with Gasteiger partial charge in [-0.25, -0.2) is 0 Å². The van der Waals surface area contributed by atoms with Crippen molar-refractivity contribution in [1.82, 2.24) is 4.90 Å². The van der Waals surface area contributed by atoms with Crippen LogP contribution in [0.25, 0.3) is 0 Å². The maximum Gasteiger partial charge on any atom is 0.234 e. The first-order valence-corrected chi connectivity index (χ1v) is 7.36. The second-order valence-electron chi connectivity index (χ2n) is 5.70. The Balaban J connectivity index is 1.72. The summed E-state index contributed by atoms with van der Waals surface area (Å²) in [5, 5.41) is 0. The lowest BCUT2D eigenvalue weighted by Gasteiger charge is -2.26. The van der Waals surface area contributed by atoms with Crippen LogP contribution in [0, 0.1) is 0 Å². The van der Waals surface area contributed by atoms with Crippen molar-refractivity contribution in [3.63, 3.8) is 0 Å². The summed E-state index contributed by atoms with van der Waals surface area (Å²) >= 11 is 0. The van der Waals surface area contributed by atoms with E-state index in [9.17, 15) is 9.59 Å². The molecule has 1 amide bonds. The number of likely N-dealkylation sites (tertiary alicyclic amines) is 1. The number of rotatable bonds is 3. The molecular weight excluding hydrogens is 252 g/mol. The topological polar surface area (TPSA) is 40.6 Å². The SMILES string of the molecule is O=C1CC(=O)N(c2cccc(CN3CCCCC3)c2)C1. The first-order valence-electron chi connectivity index (χ1n) is 7.36. The number of nitrogens with zero attached hydrogens (tertiary/aromatic N) is 2. The van der Waals surface area contributed by atoms with Crippen LogP contribution >= 0.6 is 0 Å². The molecule has 3 rings (SSSR count). The van der Waals surface area contributed by atoms with E-state index in [0.717, 1.165) is 25.3 Å². The van der Waals surface area contributed by atoms with E-state index in [2.05, 4.69) is 11.0 Å². The molecule has 4 nitrogen and oxygen atoms in total. The van der Waals surface area contributed by atoms with Crippen LogP contribution in [0.1, 0.15) is 31.2 Å². The monoisotopic (exact) mass is 272 g/mol. The summed E-state index contributed by atoms with van der Waals surface area (Å²) in [7, 11) is 0. The molecule has 2 fully saturated rings. The zero-order valence-corrected chi connectivity index (χ0v) is 11.7. The van der Waals surface area contributed by atoms with Gasteiger partial charge < -0.3 is 4.90 Å². The van der Waals surface area contributed by atoms with Crippen molar-refractivity contribution >= 4 is 17.4 Å². The van der Waals surface area contributed by atoms with Gasteiger partial charge in [-0.15, -0.1) is 0 Å². The van der Waals surface area contributed by atoms with Crippen LogP contribution < -0.4 is 4.90 Å². The molecule has 0 aromatic heterocycles. The fourth-order valence-corrected chi connectivity index (χ4v) is 3.02. The summed E-state index contributed by atoms with van der Waals surface area (Å²) in [6, 6.07) is 8.03. The van der Waals surface area contributed by atoms with Crippen LogP contribution in [0.5, 0.6) is 0 Å². The van der Waals surface area contributed by atoms with Gasteiger partial charge in [0.25, 0.3) is 0 Å². The molecule has 0 radical (unpaired) electrons. The largest absolute Gasteiger partial charge is 0.305 e. The molecular formula is C16H20N2O2. The summed E-state index contributed by atoms with van der Waals surface area (Å²) < 4.78 is 0. The zero-order valence-electron chi connectivity index (χ0n) is 11.7. The Hall–Kier alpha value is -1.68. The fourth-order valence-electron chi connectivity index (χ4n) is 3.02. The summed E-state index contributed by atoms with van der Waals surface area (Å²) in [6.45, 7) is 3.48. The van der Waals surface area contributed by atoms with Crippen LogP contribution in [-0.2, 0) is 16.1 Å². The number of carbonyl (C=O) groups excluding carboxylic acids is 2. The quantitative estimate of drug-likeness (QED) is 0.790. The highest BCUT2D eigenvalue weighted by Crippen LogP contribution is 2.22. The molecule has 0 unspecified atom stereocenters. The first-order chi connectivity index (χ1) is 9.72. The number of ketones is 1. The number of benzene rings is 1. The van der Waals surface area contributed by atoms with Crippen LogP contribution in [0.2, 0.25) is 0 Å². The van der Waals surface area contributed by atoms with Crippen molar-refractivity contribution in [3.05, 3.63) is 29.8 Å². The number of carbonyl (C=O) groups is 2. The highest BCUT2D eigenvalue weighted by Gasteiger charge is 2.28. The van der Waals surface area contributed by atoms with Crippen LogP contribution in [0.4, 0.5) is 5.69 Å². The van der Waals surface area contributed by atoms with Gasteiger partial charge in [0.1, 0.15) is 0 Å². The van der Waals surface area contributed by atoms with E-state index in [1.165, 1.54) is 24.8 Å². The van der Waals surface area contributed by atoms with Crippen molar-refractivity contribution in [2.75, 3.05) is 24.5 Å². The standard InChI is InChI=1S/C16H20N2O2/c19-15-10-16(20)18(12-15)14-6-4-5-13(9-14)11-17-7-2-1-3-8-17/h4-6,9H,1-3,7-8,10-12H2.